The van der Waals surface area contributed by atoms with E-state index < -0.39 is 0 Å². The van der Waals surface area contributed by atoms with Crippen LogP contribution in [0.2, 0.25) is 0 Å². The lowest BCUT2D eigenvalue weighted by Gasteiger charge is -2.06. The van der Waals surface area contributed by atoms with Crippen LogP contribution < -0.4 is 15.5 Å². The first kappa shape index (κ1) is 14.2. The molecule has 0 spiro atoms. The van der Waals surface area contributed by atoms with Gasteiger partial charge < -0.3 is 10.1 Å². The van der Waals surface area contributed by atoms with E-state index in [4.69, 9.17) is 17.0 Å². The lowest BCUT2D eigenvalue weighted by Crippen LogP contribution is -2.31. The summed E-state index contributed by atoms with van der Waals surface area (Å²) in [5.41, 5.74) is 3.61. The molecule has 0 aliphatic rings. The van der Waals surface area contributed by atoms with Crippen LogP contribution in [0.25, 0.3) is 0 Å². The van der Waals surface area contributed by atoms with E-state index in [0.29, 0.717) is 11.7 Å². The van der Waals surface area contributed by atoms with Crippen molar-refractivity contribution in [1.82, 2.24) is 10.7 Å². The molecule has 5 heteroatoms. The maximum Gasteiger partial charge on any atom is 0.186 e. The van der Waals surface area contributed by atoms with Gasteiger partial charge in [-0.2, -0.15) is 5.10 Å². The molecule has 1 aromatic carbocycles. The van der Waals surface area contributed by atoms with Gasteiger partial charge in [0.15, 0.2) is 5.11 Å². The topological polar surface area (TPSA) is 45.6 Å². The van der Waals surface area contributed by atoms with Crippen molar-refractivity contribution in [3.8, 4) is 5.75 Å². The van der Waals surface area contributed by atoms with E-state index in [-0.39, 0.29) is 0 Å². The molecular formula is C13H17N3OS. The number of ether oxygens (including phenoxy) is 1. The zero-order valence-electron chi connectivity index (χ0n) is 10.3. The number of nitrogens with zero attached hydrogens (tertiary/aromatic N) is 1. The van der Waals surface area contributed by atoms with Gasteiger partial charge in [0, 0.05) is 12.1 Å². The van der Waals surface area contributed by atoms with Crippen molar-refractivity contribution >= 4 is 23.5 Å². The van der Waals surface area contributed by atoms with E-state index >= 15 is 0 Å². The average Bonchev–Trinajstić information content (AvgIpc) is 2.38. The molecule has 0 fully saturated rings. The van der Waals surface area contributed by atoms with Crippen molar-refractivity contribution in [1.29, 1.82) is 0 Å². The summed E-state index contributed by atoms with van der Waals surface area (Å²) in [5.74, 6) is 0.761. The smallest absolute Gasteiger partial charge is 0.186 e. The van der Waals surface area contributed by atoms with Crippen LogP contribution in [0.4, 0.5) is 0 Å². The van der Waals surface area contributed by atoms with Gasteiger partial charge in [-0.15, -0.1) is 0 Å². The van der Waals surface area contributed by atoms with Crippen molar-refractivity contribution < 1.29 is 4.74 Å². The normalized spacial score (nSPS) is 10.1. The largest absolute Gasteiger partial charge is 0.489 e. The van der Waals surface area contributed by atoms with Gasteiger partial charge in [0.05, 0.1) is 6.21 Å². The Bertz CT molecular complexity index is 432. The fraction of sp³-hybridized carbons (Fsp3) is 0.231. The third-order valence-electron chi connectivity index (χ3n) is 1.98. The van der Waals surface area contributed by atoms with Gasteiger partial charge in [0.1, 0.15) is 12.4 Å². The van der Waals surface area contributed by atoms with Crippen molar-refractivity contribution in [2.24, 2.45) is 5.10 Å². The number of nitrogens with one attached hydrogen (secondary N) is 2. The summed E-state index contributed by atoms with van der Waals surface area (Å²) in [5, 5.41) is 7.49. The van der Waals surface area contributed by atoms with Crippen molar-refractivity contribution in [2.45, 2.75) is 6.92 Å². The summed E-state index contributed by atoms with van der Waals surface area (Å²) in [6.45, 7) is 6.81. The van der Waals surface area contributed by atoms with Crippen molar-refractivity contribution in [3.05, 3.63) is 42.5 Å². The summed E-state index contributed by atoms with van der Waals surface area (Å²) in [7, 11) is 0. The van der Waals surface area contributed by atoms with Gasteiger partial charge in [0.25, 0.3) is 0 Å². The highest BCUT2D eigenvalue weighted by molar-refractivity contribution is 7.80. The van der Waals surface area contributed by atoms with E-state index in [9.17, 15) is 0 Å². The quantitative estimate of drug-likeness (QED) is 0.357. The summed E-state index contributed by atoms with van der Waals surface area (Å²) >= 11 is 4.99. The predicted octanol–water partition coefficient (Wildman–Crippen LogP) is 2.07. The van der Waals surface area contributed by atoms with Crippen LogP contribution in [0, 0.1) is 0 Å². The van der Waals surface area contributed by atoms with Crippen LogP contribution in [0.5, 0.6) is 5.75 Å². The van der Waals surface area contributed by atoms with Crippen LogP contribution in [-0.2, 0) is 0 Å². The Kier molecular flexibility index (Phi) is 6.50. The molecule has 0 aromatic heterocycles. The highest BCUT2D eigenvalue weighted by Crippen LogP contribution is 2.15. The fourth-order valence-electron chi connectivity index (χ4n) is 1.23. The second-order valence-electron chi connectivity index (χ2n) is 3.37. The van der Waals surface area contributed by atoms with Gasteiger partial charge >= 0.3 is 0 Å². The molecule has 0 heterocycles. The van der Waals surface area contributed by atoms with E-state index in [1.54, 1.807) is 12.3 Å². The minimum Gasteiger partial charge on any atom is -0.489 e. The molecule has 96 valence electrons. The Morgan fingerprint density at radius 1 is 1.50 bits per heavy atom. The van der Waals surface area contributed by atoms with Crippen LogP contribution in [0.15, 0.2) is 42.0 Å². The van der Waals surface area contributed by atoms with E-state index in [0.717, 1.165) is 17.9 Å². The number of benzene rings is 1. The zero-order chi connectivity index (χ0) is 13.2. The molecule has 0 unspecified atom stereocenters. The number of para-hydroxylation sites is 1. The molecular weight excluding hydrogens is 246 g/mol. The van der Waals surface area contributed by atoms with E-state index in [1.165, 1.54) is 0 Å². The molecule has 1 rings (SSSR count). The first-order chi connectivity index (χ1) is 8.77. The number of thiocarbonyl (C=S) groups is 1. The lowest BCUT2D eigenvalue weighted by molar-refractivity contribution is 0.362. The van der Waals surface area contributed by atoms with Gasteiger partial charge in [-0.1, -0.05) is 24.8 Å². The third-order valence-corrected chi connectivity index (χ3v) is 2.22. The predicted molar refractivity (Wildman–Crippen MR) is 79.1 cm³/mol. The zero-order valence-corrected chi connectivity index (χ0v) is 11.2. The number of rotatable bonds is 6. The summed E-state index contributed by atoms with van der Waals surface area (Å²) in [6.07, 6.45) is 3.37. The van der Waals surface area contributed by atoms with Crippen LogP contribution in [0.3, 0.4) is 0 Å². The second kappa shape index (κ2) is 8.25. The molecule has 0 saturated carbocycles. The molecule has 1 aromatic rings. The Hall–Kier alpha value is -1.88. The average molecular weight is 263 g/mol. The highest BCUT2D eigenvalue weighted by Gasteiger charge is 1.98. The van der Waals surface area contributed by atoms with Crippen LogP contribution in [-0.4, -0.2) is 24.5 Å². The molecule has 0 bridgehead atoms. The van der Waals surface area contributed by atoms with Crippen molar-refractivity contribution in [3.63, 3.8) is 0 Å². The second-order valence-corrected chi connectivity index (χ2v) is 3.78. The molecule has 0 saturated heterocycles. The SMILES string of the molecule is C=CCOc1ccccc1/C=N/NC(=S)NCC. The summed E-state index contributed by atoms with van der Waals surface area (Å²) in [4.78, 5) is 0. The highest BCUT2D eigenvalue weighted by atomic mass is 32.1. The lowest BCUT2D eigenvalue weighted by atomic mass is 10.2. The van der Waals surface area contributed by atoms with Crippen LogP contribution in [0.1, 0.15) is 12.5 Å². The van der Waals surface area contributed by atoms with E-state index in [1.807, 2.05) is 31.2 Å². The summed E-state index contributed by atoms with van der Waals surface area (Å²) in [6, 6.07) is 7.63. The third kappa shape index (κ3) is 4.97. The van der Waals surface area contributed by atoms with Crippen molar-refractivity contribution in [2.75, 3.05) is 13.2 Å². The standard InChI is InChI=1S/C13H17N3OS/c1-3-9-17-12-8-6-5-7-11(12)10-15-16-13(18)14-4-2/h3,5-8,10H,1,4,9H2,2H3,(H2,14,16,18)/b15-10+. The number of hydrogen-bond acceptors (Lipinski definition) is 3. The minimum atomic E-state index is 0.466. The first-order valence-electron chi connectivity index (χ1n) is 5.67. The Labute approximate surface area is 113 Å². The molecule has 0 aliphatic carbocycles. The maximum absolute atomic E-state index is 5.51. The molecule has 18 heavy (non-hydrogen) atoms. The first-order valence-corrected chi connectivity index (χ1v) is 6.08. The van der Waals surface area contributed by atoms with Gasteiger partial charge in [-0.05, 0) is 31.3 Å². The monoisotopic (exact) mass is 263 g/mol. The molecule has 0 aliphatic heterocycles. The molecule has 4 nitrogen and oxygen atoms in total. The Morgan fingerprint density at radius 3 is 3.00 bits per heavy atom. The Balaban J connectivity index is 2.62. The molecule has 2 N–H and O–H groups in total. The number of hydrogen-bond donors (Lipinski definition) is 2. The summed E-state index contributed by atoms with van der Waals surface area (Å²) < 4.78 is 5.51. The molecule has 0 amide bonds. The minimum absolute atomic E-state index is 0.466. The van der Waals surface area contributed by atoms with E-state index in [2.05, 4.69) is 22.4 Å². The van der Waals surface area contributed by atoms with Crippen LogP contribution >= 0.6 is 12.2 Å². The number of hydrazone groups is 1. The Morgan fingerprint density at radius 2 is 2.28 bits per heavy atom. The van der Waals surface area contributed by atoms with Gasteiger partial charge in [-0.25, -0.2) is 0 Å². The maximum atomic E-state index is 5.51. The van der Waals surface area contributed by atoms with Gasteiger partial charge in [-0.3, -0.25) is 5.43 Å². The molecule has 0 atom stereocenters. The van der Waals surface area contributed by atoms with Gasteiger partial charge in [0.2, 0.25) is 0 Å². The fourth-order valence-corrected chi connectivity index (χ4v) is 1.42. The molecule has 0 radical (unpaired) electrons.